The molecule has 0 saturated carbocycles. The van der Waals surface area contributed by atoms with E-state index < -0.39 is 0 Å². The van der Waals surface area contributed by atoms with Crippen LogP contribution < -0.4 is 10.6 Å². The molecule has 1 fully saturated rings. The molecule has 2 rings (SSSR count). The number of hydrogen-bond acceptors (Lipinski definition) is 3. The average molecular weight is 350 g/mol. The zero-order valence-corrected chi connectivity index (χ0v) is 15.1. The Kier molecular flexibility index (Phi) is 7.18. The van der Waals surface area contributed by atoms with Crippen molar-refractivity contribution in [3.8, 4) is 0 Å². The van der Waals surface area contributed by atoms with Gasteiger partial charge in [-0.1, -0.05) is 6.07 Å². The van der Waals surface area contributed by atoms with E-state index in [-0.39, 0.29) is 24.4 Å². The first-order valence-corrected chi connectivity index (χ1v) is 8.58. The molecule has 1 aromatic carbocycles. The largest absolute Gasteiger partial charge is 0.380 e. The summed E-state index contributed by atoms with van der Waals surface area (Å²) >= 11 is 0. The van der Waals surface area contributed by atoms with Crippen molar-refractivity contribution in [2.75, 3.05) is 27.2 Å². The predicted molar refractivity (Wildman–Crippen MR) is 95.7 cm³/mol. The number of likely N-dealkylation sites (tertiary alicyclic amines) is 1. The van der Waals surface area contributed by atoms with E-state index in [0.717, 1.165) is 18.5 Å². The third-order valence-electron chi connectivity index (χ3n) is 4.14. The maximum atomic E-state index is 13.7. The number of carbonyl (C=O) groups excluding carboxylic acids is 1. The van der Waals surface area contributed by atoms with E-state index >= 15 is 0 Å². The van der Waals surface area contributed by atoms with Gasteiger partial charge in [-0.15, -0.1) is 0 Å². The van der Waals surface area contributed by atoms with Crippen LogP contribution in [0.1, 0.15) is 30.9 Å². The molecule has 2 N–H and O–H groups in total. The van der Waals surface area contributed by atoms with Crippen LogP contribution in [-0.2, 0) is 22.7 Å². The summed E-state index contributed by atoms with van der Waals surface area (Å²) in [5.41, 5.74) is 1.45. The van der Waals surface area contributed by atoms with E-state index in [9.17, 15) is 9.18 Å². The number of piperidine rings is 1. The molecule has 1 aliphatic rings. The molecule has 138 valence electrons. The van der Waals surface area contributed by atoms with E-state index in [2.05, 4.69) is 15.6 Å². The van der Waals surface area contributed by atoms with Gasteiger partial charge in [-0.25, -0.2) is 9.38 Å². The number of guanidine groups is 1. The highest BCUT2D eigenvalue weighted by Crippen LogP contribution is 2.13. The molecule has 1 aliphatic heterocycles. The SMILES string of the molecule is CCNC(=NCc1ccc(F)c(COC)c1)NC1CCC(=O)N(C)C1. The van der Waals surface area contributed by atoms with Crippen LogP contribution in [0.5, 0.6) is 0 Å². The van der Waals surface area contributed by atoms with Crippen LogP contribution in [0.2, 0.25) is 0 Å². The molecular weight excluding hydrogens is 323 g/mol. The summed E-state index contributed by atoms with van der Waals surface area (Å²) in [6.45, 7) is 4.09. The van der Waals surface area contributed by atoms with Crippen molar-refractivity contribution in [3.63, 3.8) is 0 Å². The molecule has 6 nitrogen and oxygen atoms in total. The zero-order valence-electron chi connectivity index (χ0n) is 15.1. The quantitative estimate of drug-likeness (QED) is 0.605. The van der Waals surface area contributed by atoms with Crippen LogP contribution in [0.3, 0.4) is 0 Å². The van der Waals surface area contributed by atoms with Crippen LogP contribution in [0.15, 0.2) is 23.2 Å². The number of benzene rings is 1. The number of amides is 1. The van der Waals surface area contributed by atoms with Crippen LogP contribution in [0, 0.1) is 5.82 Å². The Morgan fingerprint density at radius 2 is 2.28 bits per heavy atom. The number of aliphatic imine (C=N–C) groups is 1. The van der Waals surface area contributed by atoms with Crippen LogP contribution in [0.25, 0.3) is 0 Å². The molecule has 0 aromatic heterocycles. The van der Waals surface area contributed by atoms with Gasteiger partial charge in [0.1, 0.15) is 5.82 Å². The number of nitrogens with one attached hydrogen (secondary N) is 2. The summed E-state index contributed by atoms with van der Waals surface area (Å²) < 4.78 is 18.7. The Bertz CT molecular complexity index is 621. The van der Waals surface area contributed by atoms with Crippen LogP contribution >= 0.6 is 0 Å². The Morgan fingerprint density at radius 3 is 2.96 bits per heavy atom. The van der Waals surface area contributed by atoms with Gasteiger partial charge in [0.15, 0.2) is 5.96 Å². The van der Waals surface area contributed by atoms with Crippen molar-refractivity contribution in [2.24, 2.45) is 4.99 Å². The summed E-state index contributed by atoms with van der Waals surface area (Å²) in [5, 5.41) is 6.59. The van der Waals surface area contributed by atoms with E-state index in [4.69, 9.17) is 4.74 Å². The number of ether oxygens (including phenoxy) is 1. The number of halogens is 1. The van der Waals surface area contributed by atoms with Gasteiger partial charge in [0.2, 0.25) is 5.91 Å². The molecule has 1 heterocycles. The lowest BCUT2D eigenvalue weighted by Crippen LogP contribution is -2.51. The molecule has 1 unspecified atom stereocenters. The van der Waals surface area contributed by atoms with Gasteiger partial charge in [0.25, 0.3) is 0 Å². The molecule has 0 spiro atoms. The molecule has 1 atom stereocenters. The highest BCUT2D eigenvalue weighted by Gasteiger charge is 2.23. The smallest absolute Gasteiger partial charge is 0.222 e. The minimum absolute atomic E-state index is 0.178. The molecular formula is C18H27FN4O2. The first-order valence-electron chi connectivity index (χ1n) is 8.58. The summed E-state index contributed by atoms with van der Waals surface area (Å²) in [6, 6.07) is 5.13. The Morgan fingerprint density at radius 1 is 1.48 bits per heavy atom. The van der Waals surface area contributed by atoms with Crippen molar-refractivity contribution >= 4 is 11.9 Å². The Labute approximate surface area is 148 Å². The second-order valence-electron chi connectivity index (χ2n) is 6.21. The summed E-state index contributed by atoms with van der Waals surface area (Å²) in [4.78, 5) is 17.9. The minimum atomic E-state index is -0.269. The van der Waals surface area contributed by atoms with Gasteiger partial charge in [-0.2, -0.15) is 0 Å². The predicted octanol–water partition coefficient (Wildman–Crippen LogP) is 1.65. The van der Waals surface area contributed by atoms with Gasteiger partial charge < -0.3 is 20.3 Å². The number of methoxy groups -OCH3 is 1. The second kappa shape index (κ2) is 9.36. The monoisotopic (exact) mass is 350 g/mol. The molecule has 1 aromatic rings. The number of likely N-dealkylation sites (N-methyl/N-ethyl adjacent to an activating group) is 1. The van der Waals surface area contributed by atoms with Crippen molar-refractivity contribution in [3.05, 3.63) is 35.1 Å². The molecule has 0 aliphatic carbocycles. The topological polar surface area (TPSA) is 66.0 Å². The maximum Gasteiger partial charge on any atom is 0.222 e. The second-order valence-corrected chi connectivity index (χ2v) is 6.21. The first-order chi connectivity index (χ1) is 12.0. The first kappa shape index (κ1) is 19.2. The fraction of sp³-hybridized carbons (Fsp3) is 0.556. The summed E-state index contributed by atoms with van der Waals surface area (Å²) in [7, 11) is 3.36. The van der Waals surface area contributed by atoms with Crippen molar-refractivity contribution in [1.29, 1.82) is 0 Å². The summed E-state index contributed by atoms with van der Waals surface area (Å²) in [5.74, 6) is 0.611. The third-order valence-corrected chi connectivity index (χ3v) is 4.14. The third kappa shape index (κ3) is 5.70. The molecule has 25 heavy (non-hydrogen) atoms. The number of nitrogens with zero attached hydrogens (tertiary/aromatic N) is 2. The number of hydrogen-bond donors (Lipinski definition) is 2. The van der Waals surface area contributed by atoms with Crippen molar-refractivity contribution in [2.45, 2.75) is 39.0 Å². The molecule has 0 bridgehead atoms. The lowest BCUT2D eigenvalue weighted by molar-refractivity contribution is -0.132. The minimum Gasteiger partial charge on any atom is -0.380 e. The van der Waals surface area contributed by atoms with E-state index in [1.807, 2.05) is 14.0 Å². The highest BCUT2D eigenvalue weighted by molar-refractivity contribution is 5.81. The van der Waals surface area contributed by atoms with Gasteiger partial charge in [-0.05, 0) is 31.0 Å². The average Bonchev–Trinajstić information content (AvgIpc) is 2.59. The van der Waals surface area contributed by atoms with E-state index in [1.165, 1.54) is 6.07 Å². The molecule has 7 heteroatoms. The maximum absolute atomic E-state index is 13.7. The normalized spacial score (nSPS) is 18.4. The van der Waals surface area contributed by atoms with Gasteiger partial charge in [0, 0.05) is 45.3 Å². The van der Waals surface area contributed by atoms with Crippen molar-refractivity contribution in [1.82, 2.24) is 15.5 Å². The fourth-order valence-electron chi connectivity index (χ4n) is 2.81. The zero-order chi connectivity index (χ0) is 18.2. The lowest BCUT2D eigenvalue weighted by Gasteiger charge is -2.31. The van der Waals surface area contributed by atoms with Gasteiger partial charge >= 0.3 is 0 Å². The number of rotatable bonds is 6. The van der Waals surface area contributed by atoms with E-state index in [1.54, 1.807) is 24.1 Å². The lowest BCUT2D eigenvalue weighted by atomic mass is 10.1. The Hall–Kier alpha value is -2.15. The number of carbonyl (C=O) groups is 1. The molecule has 1 saturated heterocycles. The van der Waals surface area contributed by atoms with Gasteiger partial charge in [-0.3, -0.25) is 4.79 Å². The van der Waals surface area contributed by atoms with Crippen LogP contribution in [0.4, 0.5) is 4.39 Å². The Balaban J connectivity index is 2.01. The fourth-order valence-corrected chi connectivity index (χ4v) is 2.81. The van der Waals surface area contributed by atoms with Gasteiger partial charge in [0.05, 0.1) is 13.2 Å². The van der Waals surface area contributed by atoms with Crippen molar-refractivity contribution < 1.29 is 13.9 Å². The molecule has 0 radical (unpaired) electrons. The highest BCUT2D eigenvalue weighted by atomic mass is 19.1. The standard InChI is InChI=1S/C18H27FN4O2/c1-4-20-18(22-15-6-8-17(24)23(2)11-15)21-10-13-5-7-16(19)14(9-13)12-25-3/h5,7,9,15H,4,6,8,10-12H2,1-3H3,(H2,20,21,22). The molecule has 1 amide bonds. The van der Waals surface area contributed by atoms with E-state index in [0.29, 0.717) is 31.0 Å². The summed E-state index contributed by atoms with van der Waals surface area (Å²) in [6.07, 6.45) is 1.34. The van der Waals surface area contributed by atoms with Crippen LogP contribution in [-0.4, -0.2) is 50.1 Å².